The Morgan fingerprint density at radius 2 is 1.91 bits per heavy atom. The zero-order chi connectivity index (χ0) is 16.1. The van der Waals surface area contributed by atoms with Crippen LogP contribution in [0.15, 0.2) is 36.4 Å². The molecule has 0 bridgehead atoms. The highest BCUT2D eigenvalue weighted by molar-refractivity contribution is 5.89. The minimum atomic E-state index is -1.63. The van der Waals surface area contributed by atoms with Crippen LogP contribution in [0.1, 0.15) is 5.56 Å². The van der Waals surface area contributed by atoms with Crippen LogP contribution in [0.25, 0.3) is 0 Å². The van der Waals surface area contributed by atoms with E-state index in [1.165, 1.54) is 7.11 Å². The Labute approximate surface area is 124 Å². The first-order valence-corrected chi connectivity index (χ1v) is 6.32. The van der Waals surface area contributed by atoms with E-state index in [4.69, 9.17) is 4.74 Å². The number of halogens is 3. The molecule has 0 saturated heterocycles. The van der Waals surface area contributed by atoms with Crippen molar-refractivity contribution in [1.82, 2.24) is 5.32 Å². The summed E-state index contributed by atoms with van der Waals surface area (Å²) in [6.45, 7) is 0.161. The summed E-state index contributed by atoms with van der Waals surface area (Å²) in [7, 11) is 1.52. The van der Waals surface area contributed by atoms with Crippen molar-refractivity contribution in [2.75, 3.05) is 12.4 Å². The molecule has 0 aliphatic rings. The number of hydrogen-bond acceptors (Lipinski definition) is 2. The maximum atomic E-state index is 13.4. The van der Waals surface area contributed by atoms with E-state index >= 15 is 0 Å². The van der Waals surface area contributed by atoms with Crippen LogP contribution in [0.2, 0.25) is 0 Å². The van der Waals surface area contributed by atoms with Gasteiger partial charge in [0.05, 0.1) is 12.8 Å². The molecule has 2 amide bonds. The number of nitrogens with one attached hydrogen (secondary N) is 2. The zero-order valence-electron chi connectivity index (χ0n) is 11.6. The lowest BCUT2D eigenvalue weighted by Gasteiger charge is -2.09. The number of methoxy groups -OCH3 is 1. The Bertz CT molecular complexity index is 692. The number of hydrogen-bond donors (Lipinski definition) is 2. The molecule has 0 aromatic heterocycles. The average Bonchev–Trinajstić information content (AvgIpc) is 2.54. The van der Waals surface area contributed by atoms with Gasteiger partial charge < -0.3 is 15.4 Å². The first-order chi connectivity index (χ1) is 10.5. The molecule has 2 N–H and O–H groups in total. The first-order valence-electron chi connectivity index (χ1n) is 6.32. The minimum Gasteiger partial charge on any atom is -0.497 e. The van der Waals surface area contributed by atoms with Crippen molar-refractivity contribution in [2.24, 2.45) is 0 Å². The average molecular weight is 310 g/mol. The summed E-state index contributed by atoms with van der Waals surface area (Å²) in [5.74, 6) is -3.77. The molecule has 2 aromatic carbocycles. The molecule has 7 heteroatoms. The fraction of sp³-hybridized carbons (Fsp3) is 0.133. The minimum absolute atomic E-state index is 0.161. The fourth-order valence-electron chi connectivity index (χ4n) is 1.75. The van der Waals surface area contributed by atoms with Crippen molar-refractivity contribution >= 4 is 11.7 Å². The van der Waals surface area contributed by atoms with E-state index in [-0.39, 0.29) is 6.54 Å². The summed E-state index contributed by atoms with van der Waals surface area (Å²) in [6.07, 6.45) is 0. The number of benzene rings is 2. The number of urea groups is 1. The van der Waals surface area contributed by atoms with Gasteiger partial charge in [0.2, 0.25) is 0 Å². The largest absolute Gasteiger partial charge is 0.497 e. The van der Waals surface area contributed by atoms with Gasteiger partial charge in [-0.3, -0.25) is 0 Å². The number of carbonyl (C=O) groups is 1. The van der Waals surface area contributed by atoms with E-state index in [9.17, 15) is 18.0 Å². The van der Waals surface area contributed by atoms with Crippen LogP contribution in [0, 0.1) is 17.5 Å². The second-order valence-electron chi connectivity index (χ2n) is 4.38. The van der Waals surface area contributed by atoms with Crippen LogP contribution in [-0.4, -0.2) is 13.1 Å². The van der Waals surface area contributed by atoms with Crippen molar-refractivity contribution in [2.45, 2.75) is 6.54 Å². The number of anilines is 1. The predicted molar refractivity (Wildman–Crippen MR) is 75.2 cm³/mol. The van der Waals surface area contributed by atoms with Gasteiger partial charge in [0.1, 0.15) is 5.75 Å². The third-order valence-electron chi connectivity index (χ3n) is 2.87. The van der Waals surface area contributed by atoms with Crippen LogP contribution in [0.5, 0.6) is 5.75 Å². The van der Waals surface area contributed by atoms with Gasteiger partial charge in [-0.05, 0) is 29.8 Å². The van der Waals surface area contributed by atoms with Crippen LogP contribution >= 0.6 is 0 Å². The lowest BCUT2D eigenvalue weighted by atomic mass is 10.2. The molecule has 0 spiro atoms. The molecule has 0 fully saturated rings. The van der Waals surface area contributed by atoms with E-state index in [1.54, 1.807) is 24.3 Å². The third kappa shape index (κ3) is 3.69. The number of ether oxygens (including phenoxy) is 1. The number of rotatable bonds is 4. The molecule has 4 nitrogen and oxygen atoms in total. The molecule has 0 radical (unpaired) electrons. The second-order valence-corrected chi connectivity index (χ2v) is 4.38. The highest BCUT2D eigenvalue weighted by Crippen LogP contribution is 2.19. The molecule has 2 aromatic rings. The quantitative estimate of drug-likeness (QED) is 0.850. The maximum absolute atomic E-state index is 13.4. The van der Waals surface area contributed by atoms with E-state index in [0.29, 0.717) is 5.75 Å². The monoisotopic (exact) mass is 310 g/mol. The van der Waals surface area contributed by atoms with Crippen molar-refractivity contribution in [3.8, 4) is 5.75 Å². The normalized spacial score (nSPS) is 10.2. The van der Waals surface area contributed by atoms with Gasteiger partial charge in [0.25, 0.3) is 0 Å². The molecular weight excluding hydrogens is 297 g/mol. The van der Waals surface area contributed by atoms with Crippen LogP contribution in [-0.2, 0) is 6.54 Å². The van der Waals surface area contributed by atoms with Crippen LogP contribution in [0.4, 0.5) is 23.7 Å². The van der Waals surface area contributed by atoms with Gasteiger partial charge in [-0.2, -0.15) is 0 Å². The molecular formula is C15H13F3N2O2. The molecule has 0 heterocycles. The van der Waals surface area contributed by atoms with Gasteiger partial charge in [-0.25, -0.2) is 18.0 Å². The third-order valence-corrected chi connectivity index (χ3v) is 2.87. The van der Waals surface area contributed by atoms with E-state index in [1.807, 2.05) is 0 Å². The SMILES string of the molecule is COc1cccc(CNC(=O)Nc2ccc(F)c(F)c2F)c1. The predicted octanol–water partition coefficient (Wildman–Crippen LogP) is 3.43. The summed E-state index contributed by atoms with van der Waals surface area (Å²) in [5, 5.41) is 4.59. The highest BCUT2D eigenvalue weighted by atomic mass is 19.2. The number of carbonyl (C=O) groups excluding carboxylic acids is 1. The van der Waals surface area contributed by atoms with Crippen LogP contribution < -0.4 is 15.4 Å². The lowest BCUT2D eigenvalue weighted by Crippen LogP contribution is -2.28. The second kappa shape index (κ2) is 6.84. The van der Waals surface area contributed by atoms with Gasteiger partial charge in [0, 0.05) is 6.54 Å². The summed E-state index contributed by atoms with van der Waals surface area (Å²) in [6, 6.07) is 7.92. The summed E-state index contributed by atoms with van der Waals surface area (Å²) in [5.41, 5.74) is 0.322. The summed E-state index contributed by atoms with van der Waals surface area (Å²) >= 11 is 0. The fourth-order valence-corrected chi connectivity index (χ4v) is 1.75. The molecule has 22 heavy (non-hydrogen) atoms. The molecule has 0 atom stereocenters. The smallest absolute Gasteiger partial charge is 0.319 e. The van der Waals surface area contributed by atoms with Gasteiger partial charge >= 0.3 is 6.03 Å². The standard InChI is InChI=1S/C15H13F3N2O2/c1-22-10-4-2-3-9(7-10)8-19-15(21)20-12-6-5-11(16)13(17)14(12)18/h2-7H,8H2,1H3,(H2,19,20,21). The van der Waals surface area contributed by atoms with Crippen molar-refractivity contribution in [3.05, 3.63) is 59.4 Å². The van der Waals surface area contributed by atoms with Crippen LogP contribution in [0.3, 0.4) is 0 Å². The molecule has 0 saturated carbocycles. The Kier molecular flexibility index (Phi) is 4.88. The van der Waals surface area contributed by atoms with Crippen molar-refractivity contribution in [3.63, 3.8) is 0 Å². The first kappa shape index (κ1) is 15.7. The molecule has 2 rings (SSSR count). The van der Waals surface area contributed by atoms with Gasteiger partial charge in [-0.15, -0.1) is 0 Å². The lowest BCUT2D eigenvalue weighted by molar-refractivity contribution is 0.251. The Morgan fingerprint density at radius 1 is 1.14 bits per heavy atom. The molecule has 0 aliphatic heterocycles. The summed E-state index contributed by atoms with van der Waals surface area (Å²) in [4.78, 5) is 11.7. The topological polar surface area (TPSA) is 50.4 Å². The Morgan fingerprint density at radius 3 is 2.64 bits per heavy atom. The molecule has 0 aliphatic carbocycles. The highest BCUT2D eigenvalue weighted by Gasteiger charge is 2.14. The number of amides is 2. The Hall–Kier alpha value is -2.70. The Balaban J connectivity index is 1.97. The van der Waals surface area contributed by atoms with Crippen molar-refractivity contribution < 1.29 is 22.7 Å². The van der Waals surface area contributed by atoms with Gasteiger partial charge in [-0.1, -0.05) is 12.1 Å². The van der Waals surface area contributed by atoms with Gasteiger partial charge in [0.15, 0.2) is 17.5 Å². The van der Waals surface area contributed by atoms with E-state index in [2.05, 4.69) is 10.6 Å². The zero-order valence-corrected chi connectivity index (χ0v) is 11.6. The maximum Gasteiger partial charge on any atom is 0.319 e. The van der Waals surface area contributed by atoms with E-state index in [0.717, 1.165) is 17.7 Å². The summed E-state index contributed by atoms with van der Waals surface area (Å²) < 4.78 is 44.3. The van der Waals surface area contributed by atoms with Crippen molar-refractivity contribution in [1.29, 1.82) is 0 Å². The molecule has 0 unspecified atom stereocenters. The molecule has 116 valence electrons. The van der Waals surface area contributed by atoms with E-state index < -0.39 is 29.2 Å².